The van der Waals surface area contributed by atoms with Gasteiger partial charge in [0.15, 0.2) is 5.57 Å². The quantitative estimate of drug-likeness (QED) is 0.190. The van der Waals surface area contributed by atoms with Gasteiger partial charge in [0.1, 0.15) is 9.85 Å². The van der Waals surface area contributed by atoms with Gasteiger partial charge in [-0.15, -0.1) is 11.6 Å². The summed E-state index contributed by atoms with van der Waals surface area (Å²) in [6.45, 7) is 0. The summed E-state index contributed by atoms with van der Waals surface area (Å²) in [6, 6.07) is 2.87. The molecule has 156 valence electrons. The molecule has 0 amide bonds. The first kappa shape index (κ1) is 23.3. The fraction of sp³-hybridized carbons (Fsp3) is 0.333. The Hall–Kier alpha value is -1.99. The fourth-order valence-corrected chi connectivity index (χ4v) is 4.35. The first-order valence-corrected chi connectivity index (χ1v) is 9.01. The lowest BCUT2D eigenvalue weighted by Crippen LogP contribution is -2.69. The number of halogens is 5. The van der Waals surface area contributed by atoms with E-state index in [0.717, 1.165) is 18.2 Å². The predicted octanol–water partition coefficient (Wildman–Crippen LogP) is 3.67. The molecule has 0 fully saturated rings. The molecule has 29 heavy (non-hydrogen) atoms. The molecule has 1 aliphatic carbocycles. The zero-order chi connectivity index (χ0) is 22.5. The van der Waals surface area contributed by atoms with E-state index in [-0.39, 0.29) is 10.0 Å². The number of alkyl halides is 3. The van der Waals surface area contributed by atoms with Crippen LogP contribution in [0.15, 0.2) is 23.9 Å². The highest BCUT2D eigenvalue weighted by atomic mass is 35.5. The van der Waals surface area contributed by atoms with E-state index in [9.17, 15) is 40.5 Å². The van der Waals surface area contributed by atoms with Crippen LogP contribution in [0.25, 0.3) is 5.57 Å². The maximum atomic E-state index is 11.9. The molecule has 0 saturated heterocycles. The topological polar surface area (TPSA) is 173 Å². The number of hydrogen-bond acceptors (Lipinski definition) is 8. The van der Waals surface area contributed by atoms with E-state index in [2.05, 4.69) is 0 Å². The summed E-state index contributed by atoms with van der Waals surface area (Å²) in [5.41, 5.74) is -6.99. The molecule has 2 rings (SSSR count). The van der Waals surface area contributed by atoms with Crippen LogP contribution in [-0.2, 0) is 0 Å². The molecule has 0 aliphatic heterocycles. The van der Waals surface area contributed by atoms with Crippen molar-refractivity contribution < 1.29 is 19.7 Å². The SMILES string of the molecule is O=[N+]([O-])C1=C(c2ccc(Cl)c(Cl)c2)C([N+](=O)[O-])([N+](=O)[O-])C(Cl)C(Cl)([N+](=O)[O-])C1Cl. The molecule has 0 aromatic heterocycles. The first-order chi connectivity index (χ1) is 13.2. The minimum absolute atomic E-state index is 0.0795. The number of hydrogen-bond donors (Lipinski definition) is 0. The van der Waals surface area contributed by atoms with Crippen LogP contribution in [-0.4, -0.2) is 41.1 Å². The van der Waals surface area contributed by atoms with Crippen molar-refractivity contribution in [2.75, 3.05) is 0 Å². The number of benzene rings is 1. The Morgan fingerprint density at radius 3 is 1.76 bits per heavy atom. The Bertz CT molecular complexity index is 973. The van der Waals surface area contributed by atoms with E-state index in [1.807, 2.05) is 0 Å². The molecule has 0 bridgehead atoms. The highest BCUT2D eigenvalue weighted by molar-refractivity contribution is 6.42. The normalized spacial score (nSPS) is 26.1. The molecule has 3 unspecified atom stereocenters. The smallest absolute Gasteiger partial charge is 0.263 e. The fourth-order valence-electron chi connectivity index (χ4n) is 2.86. The van der Waals surface area contributed by atoms with Gasteiger partial charge in [-0.2, -0.15) is 0 Å². The number of nitrogens with zero attached hydrogens (tertiary/aromatic N) is 4. The maximum absolute atomic E-state index is 11.9. The monoisotopic (exact) mass is 508 g/mol. The summed E-state index contributed by atoms with van der Waals surface area (Å²) < 4.78 is 0. The Labute approximate surface area is 184 Å². The van der Waals surface area contributed by atoms with Gasteiger partial charge in [-0.05, 0) is 23.7 Å². The van der Waals surface area contributed by atoms with E-state index in [1.54, 1.807) is 0 Å². The lowest BCUT2D eigenvalue weighted by atomic mass is 9.78. The molecule has 0 saturated carbocycles. The van der Waals surface area contributed by atoms with E-state index >= 15 is 0 Å². The molecule has 0 N–H and O–H groups in total. The summed E-state index contributed by atoms with van der Waals surface area (Å²) in [5, 5.41) is 41.5. The third kappa shape index (κ3) is 3.15. The van der Waals surface area contributed by atoms with Crippen LogP contribution < -0.4 is 0 Å². The molecule has 1 aliphatic rings. The Morgan fingerprint density at radius 1 is 0.862 bits per heavy atom. The second kappa shape index (κ2) is 7.69. The third-order valence-electron chi connectivity index (χ3n) is 4.17. The summed E-state index contributed by atoms with van der Waals surface area (Å²) in [7, 11) is 0. The van der Waals surface area contributed by atoms with Gasteiger partial charge in [0, 0.05) is 10.5 Å². The third-order valence-corrected chi connectivity index (χ3v) is 6.88. The number of rotatable bonds is 5. The van der Waals surface area contributed by atoms with Crippen LogP contribution >= 0.6 is 58.0 Å². The van der Waals surface area contributed by atoms with Crippen LogP contribution in [0.1, 0.15) is 5.56 Å². The molecule has 1 aromatic carbocycles. The lowest BCUT2D eigenvalue weighted by molar-refractivity contribution is -0.784. The van der Waals surface area contributed by atoms with Gasteiger partial charge in [-0.1, -0.05) is 40.9 Å². The van der Waals surface area contributed by atoms with Gasteiger partial charge in [0.25, 0.3) is 11.1 Å². The number of nitro groups is 4. The molecule has 0 radical (unpaired) electrons. The molecular weight excluding hydrogens is 505 g/mol. The Balaban J connectivity index is 3.16. The van der Waals surface area contributed by atoms with Gasteiger partial charge in [-0.25, -0.2) is 0 Å². The average molecular weight is 510 g/mol. The molecule has 1 aromatic rings. The highest BCUT2D eigenvalue weighted by Gasteiger charge is 2.84. The van der Waals surface area contributed by atoms with Gasteiger partial charge in [-0.3, -0.25) is 40.5 Å². The summed E-state index contributed by atoms with van der Waals surface area (Å²) in [5.74, 6) is 0. The summed E-state index contributed by atoms with van der Waals surface area (Å²) in [4.78, 5) is 37.6. The van der Waals surface area contributed by atoms with Crippen molar-refractivity contribution in [2.24, 2.45) is 0 Å². The molecule has 17 heteroatoms. The van der Waals surface area contributed by atoms with Crippen molar-refractivity contribution >= 4 is 63.6 Å². The predicted molar refractivity (Wildman–Crippen MR) is 102 cm³/mol. The second-order valence-corrected chi connectivity index (χ2v) is 7.89. The van der Waals surface area contributed by atoms with Gasteiger partial charge in [0.05, 0.1) is 15.0 Å². The molecule has 0 spiro atoms. The van der Waals surface area contributed by atoms with Crippen LogP contribution in [0.5, 0.6) is 0 Å². The molecule has 12 nitrogen and oxygen atoms in total. The van der Waals surface area contributed by atoms with Crippen molar-refractivity contribution in [2.45, 2.75) is 21.4 Å². The highest BCUT2D eigenvalue weighted by Crippen LogP contribution is 2.54. The van der Waals surface area contributed by atoms with Crippen LogP contribution in [0.3, 0.4) is 0 Å². The molecular formula is C12H5Cl5N4O8. The first-order valence-electron chi connectivity index (χ1n) is 7.00. The lowest BCUT2D eigenvalue weighted by Gasteiger charge is -2.35. The van der Waals surface area contributed by atoms with E-state index < -0.39 is 57.9 Å². The average Bonchev–Trinajstić information content (AvgIpc) is 2.60. The van der Waals surface area contributed by atoms with Gasteiger partial charge < -0.3 is 0 Å². The van der Waals surface area contributed by atoms with Gasteiger partial charge >= 0.3 is 10.7 Å². The zero-order valence-electron chi connectivity index (χ0n) is 13.3. The summed E-state index contributed by atoms with van der Waals surface area (Å²) in [6.07, 6.45) is 0. The Kier molecular flexibility index (Phi) is 6.17. The van der Waals surface area contributed by atoms with Crippen LogP contribution in [0, 0.1) is 40.5 Å². The van der Waals surface area contributed by atoms with E-state index in [1.165, 1.54) is 0 Å². The zero-order valence-corrected chi connectivity index (χ0v) is 17.1. The van der Waals surface area contributed by atoms with Crippen molar-refractivity contribution in [1.29, 1.82) is 0 Å². The second-order valence-electron chi connectivity index (χ2n) is 5.60. The minimum atomic E-state index is -3.82. The van der Waals surface area contributed by atoms with Gasteiger partial charge in [0.2, 0.25) is 5.38 Å². The Morgan fingerprint density at radius 2 is 1.38 bits per heavy atom. The standard InChI is InChI=1S/C12H5Cl5N4O8/c13-5-2-1-4(3-6(5)14)7-8(18(22)23)9(15)11(17,19(24)25)10(16)12(7,20(26)27)21(28)29/h1-3,9-10H. The van der Waals surface area contributed by atoms with Crippen molar-refractivity contribution in [3.8, 4) is 0 Å². The van der Waals surface area contributed by atoms with Crippen LogP contribution in [0.2, 0.25) is 10.0 Å². The molecule has 3 atom stereocenters. The van der Waals surface area contributed by atoms with Crippen LogP contribution in [0.4, 0.5) is 0 Å². The van der Waals surface area contributed by atoms with Crippen molar-refractivity contribution in [3.05, 3.63) is 80.0 Å². The largest absolute Gasteiger partial charge is 0.515 e. The summed E-state index contributed by atoms with van der Waals surface area (Å²) >= 11 is 29.1. The minimum Gasteiger partial charge on any atom is -0.263 e. The van der Waals surface area contributed by atoms with E-state index in [0.29, 0.717) is 0 Å². The maximum Gasteiger partial charge on any atom is 0.515 e. The van der Waals surface area contributed by atoms with Crippen molar-refractivity contribution in [3.63, 3.8) is 0 Å². The van der Waals surface area contributed by atoms with E-state index in [4.69, 9.17) is 58.0 Å². The molecule has 0 heterocycles. The van der Waals surface area contributed by atoms with Crippen molar-refractivity contribution in [1.82, 2.24) is 0 Å².